The molecule has 86 valence electrons. The summed E-state index contributed by atoms with van der Waals surface area (Å²) in [6.07, 6.45) is 0.845. The zero-order chi connectivity index (χ0) is 11.3. The molecule has 2 atom stereocenters. The number of hydrogen-bond acceptors (Lipinski definition) is 4. The van der Waals surface area contributed by atoms with Crippen LogP contribution in [0.4, 0.5) is 0 Å². The Morgan fingerprint density at radius 3 is 2.80 bits per heavy atom. The summed E-state index contributed by atoms with van der Waals surface area (Å²) in [6, 6.07) is 0. The molecule has 1 fully saturated rings. The normalized spacial score (nSPS) is 24.9. The van der Waals surface area contributed by atoms with Crippen LogP contribution < -0.4 is 5.32 Å². The molecule has 1 N–H and O–H groups in total. The van der Waals surface area contributed by atoms with E-state index < -0.39 is 5.97 Å². The maximum absolute atomic E-state index is 11.5. The van der Waals surface area contributed by atoms with Gasteiger partial charge in [0.25, 0.3) is 0 Å². The van der Waals surface area contributed by atoms with Gasteiger partial charge in [0, 0.05) is 0 Å². The molecule has 0 radical (unpaired) electrons. The molecule has 2 unspecified atom stereocenters. The van der Waals surface area contributed by atoms with Gasteiger partial charge in [0.15, 0.2) is 0 Å². The molecule has 5 heteroatoms. The van der Waals surface area contributed by atoms with Crippen molar-refractivity contribution in [3.8, 4) is 0 Å². The highest BCUT2D eigenvalue weighted by Crippen LogP contribution is 2.18. The quantitative estimate of drug-likeness (QED) is 0.675. The van der Waals surface area contributed by atoms with E-state index in [1.807, 2.05) is 6.92 Å². The predicted octanol–water partition coefficient (Wildman–Crippen LogP) is 0.0907. The van der Waals surface area contributed by atoms with Gasteiger partial charge >= 0.3 is 5.97 Å². The van der Waals surface area contributed by atoms with Crippen molar-refractivity contribution in [2.45, 2.75) is 26.4 Å². The topological polar surface area (TPSA) is 64.6 Å². The number of rotatable bonds is 4. The minimum absolute atomic E-state index is 0.0580. The fourth-order valence-corrected chi connectivity index (χ4v) is 1.52. The fourth-order valence-electron chi connectivity index (χ4n) is 1.52. The summed E-state index contributed by atoms with van der Waals surface area (Å²) < 4.78 is 9.95. The predicted molar refractivity (Wildman–Crippen MR) is 53.2 cm³/mol. The lowest BCUT2D eigenvalue weighted by molar-refractivity contribution is -0.143. The molecule has 1 rings (SSSR count). The summed E-state index contributed by atoms with van der Waals surface area (Å²) in [7, 11) is 0. The van der Waals surface area contributed by atoms with Gasteiger partial charge in [-0.3, -0.25) is 9.59 Å². The average Bonchev–Trinajstić information content (AvgIpc) is 2.62. The molecule has 0 spiro atoms. The number of esters is 1. The molecule has 0 bridgehead atoms. The third-order valence-corrected chi connectivity index (χ3v) is 2.28. The first-order valence-corrected chi connectivity index (χ1v) is 5.18. The van der Waals surface area contributed by atoms with Gasteiger partial charge in [-0.1, -0.05) is 0 Å². The largest absolute Gasteiger partial charge is 0.465 e. The smallest absolute Gasteiger partial charge is 0.325 e. The summed E-state index contributed by atoms with van der Waals surface area (Å²) >= 11 is 0. The molecule has 15 heavy (non-hydrogen) atoms. The van der Waals surface area contributed by atoms with Crippen LogP contribution >= 0.6 is 0 Å². The van der Waals surface area contributed by atoms with Crippen LogP contribution in [0.1, 0.15) is 20.3 Å². The lowest BCUT2D eigenvalue weighted by Gasteiger charge is -2.08. The van der Waals surface area contributed by atoms with Gasteiger partial charge in [0.1, 0.15) is 6.54 Å². The van der Waals surface area contributed by atoms with E-state index in [1.165, 1.54) is 0 Å². The first-order valence-electron chi connectivity index (χ1n) is 5.18. The summed E-state index contributed by atoms with van der Waals surface area (Å²) in [5.41, 5.74) is 0. The van der Waals surface area contributed by atoms with Crippen LogP contribution in [0.15, 0.2) is 0 Å². The van der Waals surface area contributed by atoms with Gasteiger partial charge in [0.2, 0.25) is 5.91 Å². The van der Waals surface area contributed by atoms with Gasteiger partial charge in [-0.15, -0.1) is 0 Å². The highest BCUT2D eigenvalue weighted by molar-refractivity contribution is 5.83. The van der Waals surface area contributed by atoms with Gasteiger partial charge in [0.05, 0.1) is 25.2 Å². The van der Waals surface area contributed by atoms with Crippen molar-refractivity contribution >= 4 is 11.9 Å². The molecule has 1 saturated heterocycles. The number of hydrogen-bond donors (Lipinski definition) is 1. The molecule has 1 aliphatic rings. The fraction of sp³-hybridized carbons (Fsp3) is 0.800. The Bertz CT molecular complexity index is 242. The van der Waals surface area contributed by atoms with Crippen molar-refractivity contribution in [3.63, 3.8) is 0 Å². The Balaban J connectivity index is 2.21. The SMILES string of the molecule is CCOC(=O)CNC(=O)C1COC(C)C1. The third kappa shape index (κ3) is 3.87. The molecule has 1 heterocycles. The summed E-state index contributed by atoms with van der Waals surface area (Å²) in [6.45, 7) is 4.37. The monoisotopic (exact) mass is 215 g/mol. The van der Waals surface area contributed by atoms with Crippen LogP contribution in [0.5, 0.6) is 0 Å². The first-order chi connectivity index (χ1) is 7.13. The van der Waals surface area contributed by atoms with Crippen LogP contribution in [-0.4, -0.2) is 37.7 Å². The van der Waals surface area contributed by atoms with E-state index in [0.29, 0.717) is 19.6 Å². The van der Waals surface area contributed by atoms with E-state index in [4.69, 9.17) is 9.47 Å². The van der Waals surface area contributed by atoms with Crippen LogP contribution in [0.2, 0.25) is 0 Å². The lowest BCUT2D eigenvalue weighted by Crippen LogP contribution is -2.35. The van der Waals surface area contributed by atoms with Crippen LogP contribution in [0.3, 0.4) is 0 Å². The zero-order valence-electron chi connectivity index (χ0n) is 9.12. The highest BCUT2D eigenvalue weighted by Gasteiger charge is 2.28. The second-order valence-electron chi connectivity index (χ2n) is 3.60. The van der Waals surface area contributed by atoms with Crippen molar-refractivity contribution in [3.05, 3.63) is 0 Å². The number of ether oxygens (including phenoxy) is 2. The molecule has 0 aromatic carbocycles. The van der Waals surface area contributed by atoms with E-state index in [-0.39, 0.29) is 24.5 Å². The molecule has 0 aliphatic carbocycles. The summed E-state index contributed by atoms with van der Waals surface area (Å²) in [5.74, 6) is -0.667. The zero-order valence-corrected chi connectivity index (χ0v) is 9.12. The van der Waals surface area contributed by atoms with Crippen molar-refractivity contribution in [2.24, 2.45) is 5.92 Å². The maximum atomic E-state index is 11.5. The lowest BCUT2D eigenvalue weighted by atomic mass is 10.1. The Hall–Kier alpha value is -1.10. The highest BCUT2D eigenvalue weighted by atomic mass is 16.5. The Morgan fingerprint density at radius 2 is 2.27 bits per heavy atom. The molecular formula is C10H17NO4. The second kappa shape index (κ2) is 5.70. The molecular weight excluding hydrogens is 198 g/mol. The van der Waals surface area contributed by atoms with Gasteiger partial charge < -0.3 is 14.8 Å². The maximum Gasteiger partial charge on any atom is 0.325 e. The molecule has 0 aromatic heterocycles. The number of carbonyl (C=O) groups is 2. The minimum Gasteiger partial charge on any atom is -0.465 e. The molecule has 5 nitrogen and oxygen atoms in total. The molecule has 1 aliphatic heterocycles. The van der Waals surface area contributed by atoms with E-state index in [0.717, 1.165) is 0 Å². The van der Waals surface area contributed by atoms with E-state index in [9.17, 15) is 9.59 Å². The Kier molecular flexibility index (Phi) is 4.55. The summed E-state index contributed by atoms with van der Waals surface area (Å²) in [4.78, 5) is 22.5. The van der Waals surface area contributed by atoms with Gasteiger partial charge in [-0.25, -0.2) is 0 Å². The average molecular weight is 215 g/mol. The molecule has 0 aromatic rings. The molecule has 1 amide bonds. The third-order valence-electron chi connectivity index (χ3n) is 2.28. The Morgan fingerprint density at radius 1 is 1.53 bits per heavy atom. The second-order valence-corrected chi connectivity index (χ2v) is 3.60. The van der Waals surface area contributed by atoms with Crippen LogP contribution in [0, 0.1) is 5.92 Å². The van der Waals surface area contributed by atoms with Crippen LogP contribution in [-0.2, 0) is 19.1 Å². The number of nitrogens with one attached hydrogen (secondary N) is 1. The first kappa shape index (κ1) is 12.0. The number of carbonyl (C=O) groups excluding carboxylic acids is 2. The molecule has 0 saturated carbocycles. The van der Waals surface area contributed by atoms with E-state index in [1.54, 1.807) is 6.92 Å². The van der Waals surface area contributed by atoms with Crippen molar-refractivity contribution in [2.75, 3.05) is 19.8 Å². The van der Waals surface area contributed by atoms with E-state index in [2.05, 4.69) is 5.32 Å². The minimum atomic E-state index is -0.405. The number of amides is 1. The van der Waals surface area contributed by atoms with Crippen LogP contribution in [0.25, 0.3) is 0 Å². The Labute approximate surface area is 89.1 Å². The van der Waals surface area contributed by atoms with Gasteiger partial charge in [-0.2, -0.15) is 0 Å². The standard InChI is InChI=1S/C10H17NO4/c1-3-14-9(12)5-11-10(13)8-4-7(2)15-6-8/h7-8H,3-6H2,1-2H3,(H,11,13). The van der Waals surface area contributed by atoms with Crippen molar-refractivity contribution < 1.29 is 19.1 Å². The summed E-state index contributed by atoms with van der Waals surface area (Å²) in [5, 5.41) is 2.54. The van der Waals surface area contributed by atoms with E-state index >= 15 is 0 Å². The van der Waals surface area contributed by atoms with Gasteiger partial charge in [-0.05, 0) is 20.3 Å². The van der Waals surface area contributed by atoms with Crippen molar-refractivity contribution in [1.82, 2.24) is 5.32 Å². The van der Waals surface area contributed by atoms with Crippen molar-refractivity contribution in [1.29, 1.82) is 0 Å².